The number of benzene rings is 2. The van der Waals surface area contributed by atoms with Crippen molar-refractivity contribution in [2.24, 2.45) is 0 Å². The summed E-state index contributed by atoms with van der Waals surface area (Å²) in [5, 5.41) is 12.0. The summed E-state index contributed by atoms with van der Waals surface area (Å²) in [6.07, 6.45) is 3.87. The number of piperidine rings is 1. The Morgan fingerprint density at radius 1 is 1.19 bits per heavy atom. The number of nitrogens with zero attached hydrogens (tertiary/aromatic N) is 2. The minimum absolute atomic E-state index is 0.119. The maximum Gasteiger partial charge on any atom is 0.348 e. The van der Waals surface area contributed by atoms with Gasteiger partial charge in [-0.05, 0) is 61.1 Å². The van der Waals surface area contributed by atoms with Gasteiger partial charge in [0.1, 0.15) is 11.6 Å². The molecule has 0 aromatic heterocycles. The lowest BCUT2D eigenvalue weighted by atomic mass is 9.91. The average Bonchev–Trinajstić information content (AvgIpc) is 2.97. The van der Waals surface area contributed by atoms with Crippen molar-refractivity contribution in [1.29, 1.82) is 5.26 Å². The van der Waals surface area contributed by atoms with Gasteiger partial charge in [-0.2, -0.15) is 5.26 Å². The first-order valence-electron chi connectivity index (χ1n) is 9.30. The van der Waals surface area contributed by atoms with Crippen LogP contribution in [0.25, 0.3) is 10.8 Å². The van der Waals surface area contributed by atoms with Crippen LogP contribution in [0.15, 0.2) is 53.6 Å². The minimum atomic E-state index is -0.478. The number of ether oxygens (including phenoxy) is 1. The Balaban J connectivity index is 1.75. The van der Waals surface area contributed by atoms with Crippen LogP contribution >= 0.6 is 0 Å². The molecule has 2 aliphatic heterocycles. The molecule has 2 heterocycles. The Labute approximate surface area is 153 Å². The molecule has 2 aromatic rings. The molecule has 2 aliphatic rings. The van der Waals surface area contributed by atoms with E-state index in [9.17, 15) is 10.1 Å². The molecular weight excluding hydrogens is 324 g/mol. The van der Waals surface area contributed by atoms with Crippen LogP contribution in [-0.2, 0) is 9.53 Å². The van der Waals surface area contributed by atoms with Crippen LogP contribution < -0.4 is 4.90 Å². The number of nitriles is 1. The molecule has 132 valence electrons. The van der Waals surface area contributed by atoms with E-state index in [1.165, 1.54) is 16.5 Å². The summed E-state index contributed by atoms with van der Waals surface area (Å²) in [4.78, 5) is 14.7. The van der Waals surface area contributed by atoms with E-state index in [0.717, 1.165) is 31.3 Å². The largest absolute Gasteiger partial charge is 0.462 e. The van der Waals surface area contributed by atoms with Gasteiger partial charge < -0.3 is 9.64 Å². The molecule has 2 bridgehead atoms. The van der Waals surface area contributed by atoms with Crippen LogP contribution in [0.2, 0.25) is 0 Å². The van der Waals surface area contributed by atoms with Crippen LogP contribution in [0.5, 0.6) is 0 Å². The van der Waals surface area contributed by atoms with Gasteiger partial charge >= 0.3 is 5.97 Å². The van der Waals surface area contributed by atoms with Crippen molar-refractivity contribution in [3.05, 3.63) is 53.6 Å². The van der Waals surface area contributed by atoms with Crippen LogP contribution in [0.4, 0.5) is 5.69 Å². The van der Waals surface area contributed by atoms with Crippen molar-refractivity contribution in [3.8, 4) is 6.07 Å². The second-order valence-corrected chi connectivity index (χ2v) is 6.96. The van der Waals surface area contributed by atoms with Gasteiger partial charge in [0, 0.05) is 11.7 Å². The van der Waals surface area contributed by atoms with Crippen molar-refractivity contribution >= 4 is 22.4 Å². The molecule has 2 saturated heterocycles. The molecule has 0 amide bonds. The highest BCUT2D eigenvalue weighted by Gasteiger charge is 2.41. The molecule has 0 spiro atoms. The summed E-state index contributed by atoms with van der Waals surface area (Å²) in [6.45, 7) is 2.06. The van der Waals surface area contributed by atoms with Crippen molar-refractivity contribution in [1.82, 2.24) is 0 Å². The van der Waals surface area contributed by atoms with E-state index in [4.69, 9.17) is 4.74 Å². The zero-order valence-electron chi connectivity index (χ0n) is 14.9. The first-order chi connectivity index (χ1) is 12.7. The molecule has 26 heavy (non-hydrogen) atoms. The monoisotopic (exact) mass is 346 g/mol. The lowest BCUT2D eigenvalue weighted by Gasteiger charge is -2.39. The van der Waals surface area contributed by atoms with E-state index in [1.807, 2.05) is 6.07 Å². The number of hydrogen-bond donors (Lipinski definition) is 0. The predicted octanol–water partition coefficient (Wildman–Crippen LogP) is 4.35. The fourth-order valence-electron chi connectivity index (χ4n) is 4.47. The SMILES string of the molecule is CCOC(=O)/C(C#N)=C1\CCC2CCC1N2c1ccc2ccccc2c1. The van der Waals surface area contributed by atoms with Gasteiger partial charge in [-0.3, -0.25) is 0 Å². The second-order valence-electron chi connectivity index (χ2n) is 6.96. The Hall–Kier alpha value is -2.80. The van der Waals surface area contributed by atoms with Gasteiger partial charge in [-0.1, -0.05) is 30.3 Å². The number of fused-ring (bicyclic) bond motifs is 3. The third-order valence-corrected chi connectivity index (χ3v) is 5.60. The van der Waals surface area contributed by atoms with Crippen LogP contribution in [0.1, 0.15) is 32.6 Å². The average molecular weight is 346 g/mol. The van der Waals surface area contributed by atoms with E-state index in [0.29, 0.717) is 12.6 Å². The predicted molar refractivity (Wildman–Crippen MR) is 102 cm³/mol. The molecule has 0 N–H and O–H groups in total. The van der Waals surface area contributed by atoms with Crippen LogP contribution in [-0.4, -0.2) is 24.7 Å². The normalized spacial score (nSPS) is 23.6. The number of hydrogen-bond acceptors (Lipinski definition) is 4. The van der Waals surface area contributed by atoms with Gasteiger partial charge in [0.25, 0.3) is 0 Å². The van der Waals surface area contributed by atoms with Crippen LogP contribution in [0, 0.1) is 11.3 Å². The molecule has 0 saturated carbocycles. The second kappa shape index (κ2) is 6.84. The maximum absolute atomic E-state index is 12.2. The highest BCUT2D eigenvalue weighted by molar-refractivity contribution is 5.94. The molecular formula is C22H22N2O2. The first kappa shape index (κ1) is 16.7. The van der Waals surface area contributed by atoms with E-state index >= 15 is 0 Å². The lowest BCUT2D eigenvalue weighted by Crippen LogP contribution is -2.42. The standard InChI is InChI=1S/C22H22N2O2/c1-2-26-22(25)20(14-23)19-11-9-17-10-12-21(19)24(17)18-8-7-15-5-3-4-6-16(15)13-18/h3-8,13,17,21H,2,9-12H2,1H3/b20-19+. The van der Waals surface area contributed by atoms with Gasteiger partial charge in [0.2, 0.25) is 0 Å². The summed E-state index contributed by atoms with van der Waals surface area (Å²) in [6, 6.07) is 17.6. The van der Waals surface area contributed by atoms with Gasteiger partial charge in [-0.25, -0.2) is 4.79 Å². The fourth-order valence-corrected chi connectivity index (χ4v) is 4.47. The number of carbonyl (C=O) groups excluding carboxylic acids is 1. The quantitative estimate of drug-likeness (QED) is 0.471. The molecule has 2 atom stereocenters. The Kier molecular flexibility index (Phi) is 4.38. The third kappa shape index (κ3) is 2.74. The molecule has 0 radical (unpaired) electrons. The molecule has 0 aliphatic carbocycles. The Bertz CT molecular complexity index is 925. The number of carbonyl (C=O) groups is 1. The van der Waals surface area contributed by atoms with Gasteiger partial charge in [0.05, 0.1) is 12.6 Å². The maximum atomic E-state index is 12.2. The highest BCUT2D eigenvalue weighted by atomic mass is 16.5. The first-order valence-corrected chi connectivity index (χ1v) is 9.30. The zero-order valence-corrected chi connectivity index (χ0v) is 14.9. The molecule has 2 aromatic carbocycles. The number of rotatable bonds is 3. The number of anilines is 1. The summed E-state index contributed by atoms with van der Waals surface area (Å²) in [5.41, 5.74) is 2.34. The molecule has 2 unspecified atom stereocenters. The summed E-state index contributed by atoms with van der Waals surface area (Å²) < 4.78 is 5.12. The smallest absolute Gasteiger partial charge is 0.348 e. The summed E-state index contributed by atoms with van der Waals surface area (Å²) >= 11 is 0. The number of esters is 1. The van der Waals surface area contributed by atoms with Crippen LogP contribution in [0.3, 0.4) is 0 Å². The third-order valence-electron chi connectivity index (χ3n) is 5.60. The molecule has 4 nitrogen and oxygen atoms in total. The van der Waals surface area contributed by atoms with E-state index in [-0.39, 0.29) is 11.6 Å². The topological polar surface area (TPSA) is 53.3 Å². The van der Waals surface area contributed by atoms with Crippen molar-refractivity contribution in [2.45, 2.75) is 44.7 Å². The van der Waals surface area contributed by atoms with Crippen molar-refractivity contribution in [3.63, 3.8) is 0 Å². The summed E-state index contributed by atoms with van der Waals surface area (Å²) in [7, 11) is 0. The molecule has 4 rings (SSSR count). The Morgan fingerprint density at radius 3 is 2.77 bits per heavy atom. The van der Waals surface area contributed by atoms with Gasteiger partial charge in [-0.15, -0.1) is 0 Å². The van der Waals surface area contributed by atoms with E-state index < -0.39 is 5.97 Å². The van der Waals surface area contributed by atoms with Crippen molar-refractivity contribution < 1.29 is 9.53 Å². The van der Waals surface area contributed by atoms with Gasteiger partial charge in [0.15, 0.2) is 0 Å². The molecule has 4 heteroatoms. The zero-order chi connectivity index (χ0) is 18.1. The van der Waals surface area contributed by atoms with Crippen molar-refractivity contribution in [2.75, 3.05) is 11.5 Å². The van der Waals surface area contributed by atoms with E-state index in [1.54, 1.807) is 6.92 Å². The summed E-state index contributed by atoms with van der Waals surface area (Å²) in [5.74, 6) is -0.478. The highest BCUT2D eigenvalue weighted by Crippen LogP contribution is 2.43. The minimum Gasteiger partial charge on any atom is -0.462 e. The lowest BCUT2D eigenvalue weighted by molar-refractivity contribution is -0.138. The fraction of sp³-hybridized carbons (Fsp3) is 0.364. The van der Waals surface area contributed by atoms with E-state index in [2.05, 4.69) is 47.4 Å². The molecule has 2 fully saturated rings. The Morgan fingerprint density at radius 2 is 2.00 bits per heavy atom.